The van der Waals surface area contributed by atoms with E-state index in [0.717, 1.165) is 0 Å². The van der Waals surface area contributed by atoms with E-state index >= 15 is 0 Å². The maximum Gasteiger partial charge on any atom is 0.264 e. The lowest BCUT2D eigenvalue weighted by Crippen LogP contribution is -2.47. The Morgan fingerprint density at radius 3 is 2.51 bits per heavy atom. The third kappa shape index (κ3) is 5.87. The van der Waals surface area contributed by atoms with Gasteiger partial charge in [-0.1, -0.05) is 26.0 Å². The molecule has 0 aliphatic carbocycles. The van der Waals surface area contributed by atoms with Gasteiger partial charge in [-0.05, 0) is 36.2 Å². The Bertz CT molecular complexity index is 1370. The molecule has 2 heterocycles. The summed E-state index contributed by atoms with van der Waals surface area (Å²) < 4.78 is 39.9. The summed E-state index contributed by atoms with van der Waals surface area (Å²) in [5, 5.41) is 9.13. The van der Waals surface area contributed by atoms with Crippen LogP contribution in [0.2, 0.25) is 0 Å². The molecule has 4 rings (SSSR count). The molecule has 1 aliphatic heterocycles. The van der Waals surface area contributed by atoms with Gasteiger partial charge in [-0.3, -0.25) is 9.59 Å². The number of ether oxygens (including phenoxy) is 2. The molecule has 3 N–H and O–H groups in total. The van der Waals surface area contributed by atoms with Crippen LogP contribution in [0.4, 0.5) is 5.69 Å². The van der Waals surface area contributed by atoms with E-state index in [4.69, 9.17) is 9.47 Å². The second-order valence-electron chi connectivity index (χ2n) is 8.38. The number of hydrogen-bond acceptors (Lipinski definition) is 7. The molecule has 10 nitrogen and oxygen atoms in total. The number of H-pyrrole nitrogens is 1. The lowest BCUT2D eigenvalue weighted by Gasteiger charge is -2.22. The van der Waals surface area contributed by atoms with Crippen molar-refractivity contribution < 1.29 is 22.7 Å². The molecule has 184 valence electrons. The highest BCUT2D eigenvalue weighted by molar-refractivity contribution is 7.89. The smallest absolute Gasteiger partial charge is 0.264 e. The van der Waals surface area contributed by atoms with Gasteiger partial charge in [0.1, 0.15) is 6.04 Å². The van der Waals surface area contributed by atoms with Crippen molar-refractivity contribution in [3.63, 3.8) is 0 Å². The molecule has 0 saturated heterocycles. The first-order valence-corrected chi connectivity index (χ1v) is 12.6. The summed E-state index contributed by atoms with van der Waals surface area (Å²) in [5.41, 5.74) is 1.34. The molecule has 0 radical (unpaired) electrons. The van der Waals surface area contributed by atoms with Crippen LogP contribution in [0.5, 0.6) is 11.5 Å². The summed E-state index contributed by atoms with van der Waals surface area (Å²) in [4.78, 5) is 24.3. The van der Waals surface area contributed by atoms with Gasteiger partial charge in [0.25, 0.3) is 5.56 Å². The van der Waals surface area contributed by atoms with Crippen molar-refractivity contribution in [3.05, 3.63) is 65.0 Å². The van der Waals surface area contributed by atoms with Gasteiger partial charge in [-0.2, -0.15) is 9.82 Å². The van der Waals surface area contributed by atoms with Crippen molar-refractivity contribution >= 4 is 21.6 Å². The molecular formula is C24H26N4O6S. The highest BCUT2D eigenvalue weighted by Gasteiger charge is 2.29. The number of nitrogens with one attached hydrogen (secondary N) is 3. The number of carbonyl (C=O) groups excluding carboxylic acids is 1. The minimum atomic E-state index is -4.03. The van der Waals surface area contributed by atoms with Crippen LogP contribution >= 0.6 is 0 Å². The number of aromatic nitrogens is 2. The van der Waals surface area contributed by atoms with Crippen LogP contribution in [0, 0.1) is 5.92 Å². The fourth-order valence-electron chi connectivity index (χ4n) is 3.52. The zero-order valence-corrected chi connectivity index (χ0v) is 20.1. The van der Waals surface area contributed by atoms with Crippen molar-refractivity contribution in [2.75, 3.05) is 18.5 Å². The number of amides is 1. The Morgan fingerprint density at radius 2 is 1.80 bits per heavy atom. The fourth-order valence-corrected chi connectivity index (χ4v) is 4.88. The molecular weight excluding hydrogens is 472 g/mol. The van der Waals surface area contributed by atoms with Crippen LogP contribution in [-0.2, 0) is 14.8 Å². The lowest BCUT2D eigenvalue weighted by molar-refractivity contribution is -0.118. The quantitative estimate of drug-likeness (QED) is 0.455. The number of sulfonamides is 1. The number of benzene rings is 2. The van der Waals surface area contributed by atoms with E-state index in [1.54, 1.807) is 50.2 Å². The fraction of sp³-hybridized carbons (Fsp3) is 0.292. The minimum absolute atomic E-state index is 0.0219. The van der Waals surface area contributed by atoms with E-state index in [9.17, 15) is 18.0 Å². The molecule has 1 unspecified atom stereocenters. The maximum absolute atomic E-state index is 13.1. The van der Waals surface area contributed by atoms with Gasteiger partial charge in [-0.15, -0.1) is 0 Å². The number of fused-ring (bicyclic) bond motifs is 1. The number of anilines is 1. The first-order chi connectivity index (χ1) is 16.7. The van der Waals surface area contributed by atoms with Gasteiger partial charge in [0.05, 0.1) is 23.8 Å². The Hall–Kier alpha value is -3.70. The van der Waals surface area contributed by atoms with Gasteiger partial charge in [0.15, 0.2) is 11.5 Å². The molecule has 35 heavy (non-hydrogen) atoms. The predicted octanol–water partition coefficient (Wildman–Crippen LogP) is 2.54. The van der Waals surface area contributed by atoms with Gasteiger partial charge in [0.2, 0.25) is 15.9 Å². The van der Waals surface area contributed by atoms with Crippen molar-refractivity contribution in [1.82, 2.24) is 14.9 Å². The Morgan fingerprint density at radius 1 is 1.03 bits per heavy atom. The van der Waals surface area contributed by atoms with Crippen LogP contribution in [0.3, 0.4) is 0 Å². The summed E-state index contributed by atoms with van der Waals surface area (Å²) in [6.07, 6.45) is 0.698. The minimum Gasteiger partial charge on any atom is -0.490 e. The van der Waals surface area contributed by atoms with Crippen LogP contribution in [-0.4, -0.2) is 43.8 Å². The maximum atomic E-state index is 13.1. The second-order valence-corrected chi connectivity index (χ2v) is 10.1. The summed E-state index contributed by atoms with van der Waals surface area (Å²) in [6, 6.07) is 13.1. The van der Waals surface area contributed by atoms with Crippen LogP contribution in [0.1, 0.15) is 20.3 Å². The zero-order valence-electron chi connectivity index (χ0n) is 19.3. The highest BCUT2D eigenvalue weighted by Crippen LogP contribution is 2.32. The number of nitrogens with zero attached hydrogens (tertiary/aromatic N) is 1. The van der Waals surface area contributed by atoms with Crippen LogP contribution < -0.4 is 25.1 Å². The summed E-state index contributed by atoms with van der Waals surface area (Å²) in [5.74, 6) is -0.0150. The van der Waals surface area contributed by atoms with Gasteiger partial charge >= 0.3 is 0 Å². The molecule has 3 aromatic rings. The molecule has 0 spiro atoms. The Labute approximate surface area is 202 Å². The largest absolute Gasteiger partial charge is 0.490 e. The molecule has 0 bridgehead atoms. The topological polar surface area (TPSA) is 139 Å². The molecule has 0 fully saturated rings. The van der Waals surface area contributed by atoms with E-state index in [2.05, 4.69) is 20.2 Å². The lowest BCUT2D eigenvalue weighted by atomic mass is 10.0. The molecule has 1 amide bonds. The van der Waals surface area contributed by atoms with E-state index < -0.39 is 22.0 Å². The number of rotatable bonds is 7. The monoisotopic (exact) mass is 498 g/mol. The zero-order chi connectivity index (χ0) is 25.0. The SMILES string of the molecule is CC(C)C(NS(=O)(=O)c1ccc2c(c1)OCCCO2)C(=O)Nc1cccc(-c2ccc(=O)[nH]n2)c1. The van der Waals surface area contributed by atoms with Gasteiger partial charge in [0, 0.05) is 29.8 Å². The predicted molar refractivity (Wildman–Crippen MR) is 130 cm³/mol. The summed E-state index contributed by atoms with van der Waals surface area (Å²) >= 11 is 0. The van der Waals surface area contributed by atoms with Crippen molar-refractivity contribution in [2.24, 2.45) is 5.92 Å². The molecule has 2 aromatic carbocycles. The molecule has 1 atom stereocenters. The third-order valence-corrected chi connectivity index (χ3v) is 6.80. The van der Waals surface area contributed by atoms with E-state index in [0.29, 0.717) is 48.1 Å². The first kappa shape index (κ1) is 24.4. The number of carbonyl (C=O) groups is 1. The summed E-state index contributed by atoms with van der Waals surface area (Å²) in [7, 11) is -4.03. The Kier molecular flexibility index (Phi) is 7.17. The average molecular weight is 499 g/mol. The van der Waals surface area contributed by atoms with Gasteiger partial charge in [-0.25, -0.2) is 13.5 Å². The van der Waals surface area contributed by atoms with Crippen molar-refractivity contribution in [1.29, 1.82) is 0 Å². The van der Waals surface area contributed by atoms with E-state index in [1.165, 1.54) is 18.2 Å². The second kappa shape index (κ2) is 10.3. The number of aromatic amines is 1. The third-order valence-electron chi connectivity index (χ3n) is 5.37. The van der Waals surface area contributed by atoms with Crippen LogP contribution in [0.15, 0.2) is 64.3 Å². The molecule has 11 heteroatoms. The number of hydrogen-bond donors (Lipinski definition) is 3. The van der Waals surface area contributed by atoms with Crippen molar-refractivity contribution in [2.45, 2.75) is 31.2 Å². The van der Waals surface area contributed by atoms with Crippen LogP contribution in [0.25, 0.3) is 11.3 Å². The van der Waals surface area contributed by atoms with Crippen molar-refractivity contribution in [3.8, 4) is 22.8 Å². The van der Waals surface area contributed by atoms with E-state index in [-0.39, 0.29) is 16.4 Å². The molecule has 1 aromatic heterocycles. The Balaban J connectivity index is 1.52. The van der Waals surface area contributed by atoms with Gasteiger partial charge < -0.3 is 14.8 Å². The molecule has 0 saturated carbocycles. The standard InChI is InChI=1S/C24H26N4O6S/c1-15(2)23(28-35(31,32)18-7-9-20-21(14-18)34-12-4-11-33-20)24(30)25-17-6-3-5-16(13-17)19-8-10-22(29)27-26-19/h3,5-10,13-15,23,28H,4,11-12H2,1-2H3,(H,25,30)(H,27,29). The average Bonchev–Trinajstić information content (AvgIpc) is 3.08. The normalized spacial score (nSPS) is 14.3. The first-order valence-electron chi connectivity index (χ1n) is 11.1. The summed E-state index contributed by atoms with van der Waals surface area (Å²) in [6.45, 7) is 4.42. The highest BCUT2D eigenvalue weighted by atomic mass is 32.2. The molecule has 1 aliphatic rings. The van der Waals surface area contributed by atoms with E-state index in [1.807, 2.05) is 0 Å².